The van der Waals surface area contributed by atoms with E-state index in [1.54, 1.807) is 12.1 Å². The molecule has 9 nitrogen and oxygen atoms in total. The third-order valence-electron chi connectivity index (χ3n) is 7.94. The zero-order valence-electron chi connectivity index (χ0n) is 25.3. The molecule has 2 aliphatic rings. The number of fused-ring (bicyclic) bond motifs is 1. The molecule has 0 unspecified atom stereocenters. The van der Waals surface area contributed by atoms with E-state index in [0.29, 0.717) is 17.9 Å². The maximum Gasteiger partial charge on any atom is 0.300 e. The molecule has 3 aromatic carbocycles. The van der Waals surface area contributed by atoms with Gasteiger partial charge in [-0.1, -0.05) is 55.0 Å². The molecule has 6 rings (SSSR count). The van der Waals surface area contributed by atoms with Gasteiger partial charge in [-0.3, -0.25) is 9.79 Å². The van der Waals surface area contributed by atoms with E-state index in [1.807, 2.05) is 36.4 Å². The van der Waals surface area contributed by atoms with Crippen molar-refractivity contribution in [3.05, 3.63) is 71.8 Å². The van der Waals surface area contributed by atoms with Gasteiger partial charge in [-0.25, -0.2) is 13.8 Å². The van der Waals surface area contributed by atoms with Crippen molar-refractivity contribution < 1.29 is 23.4 Å². The number of benzene rings is 3. The van der Waals surface area contributed by atoms with E-state index in [9.17, 15) is 0 Å². The number of halogens is 2. The molecule has 2 fully saturated rings. The topological polar surface area (TPSA) is 129 Å². The number of carboxylic acids is 1. The van der Waals surface area contributed by atoms with Crippen molar-refractivity contribution in [1.82, 2.24) is 14.9 Å². The number of H-pyrrole nitrogens is 1. The Morgan fingerprint density at radius 3 is 2.29 bits per heavy atom. The van der Waals surface area contributed by atoms with Gasteiger partial charge < -0.3 is 25.5 Å². The summed E-state index contributed by atoms with van der Waals surface area (Å²) in [4.78, 5) is 27.2. The molecule has 0 amide bonds. The molecule has 1 aliphatic carbocycles. The smallest absolute Gasteiger partial charge is 0.300 e. The minimum atomic E-state index is -0.833. The van der Waals surface area contributed by atoms with Crippen molar-refractivity contribution in [3.63, 3.8) is 0 Å². The number of carbonyl (C=O) groups is 1. The summed E-state index contributed by atoms with van der Waals surface area (Å²) in [5.74, 6) is -1.80. The summed E-state index contributed by atoms with van der Waals surface area (Å²) < 4.78 is 36.6. The Morgan fingerprint density at radius 1 is 1.04 bits per heavy atom. The van der Waals surface area contributed by atoms with Gasteiger partial charge in [0.25, 0.3) is 12.0 Å². The van der Waals surface area contributed by atoms with Crippen LogP contribution < -0.4 is 10.5 Å². The first-order valence-corrected chi connectivity index (χ1v) is 15.3. The van der Waals surface area contributed by atoms with Crippen LogP contribution in [-0.4, -0.2) is 70.4 Å². The molecule has 1 saturated carbocycles. The normalized spacial score (nSPS) is 15.9. The number of ether oxygens (including phenoxy) is 1. The fourth-order valence-electron chi connectivity index (χ4n) is 5.42. The lowest BCUT2D eigenvalue weighted by atomic mass is 9.98. The zero-order chi connectivity index (χ0) is 31.8. The molecule has 1 aromatic heterocycles. The van der Waals surface area contributed by atoms with Crippen LogP contribution in [-0.2, 0) is 4.79 Å². The van der Waals surface area contributed by atoms with Crippen LogP contribution in [0.15, 0.2) is 64.6 Å². The maximum absolute atomic E-state index is 15.5. The zero-order valence-corrected chi connectivity index (χ0v) is 25.3. The molecule has 236 valence electrons. The average Bonchev–Trinajstić information content (AvgIpc) is 3.41. The summed E-state index contributed by atoms with van der Waals surface area (Å²) in [5, 5.41) is 7.42. The number of hydrogen-bond acceptors (Lipinski definition) is 5. The van der Waals surface area contributed by atoms with Crippen LogP contribution >= 0.6 is 0 Å². The van der Waals surface area contributed by atoms with Crippen molar-refractivity contribution in [2.75, 3.05) is 26.2 Å². The summed E-state index contributed by atoms with van der Waals surface area (Å²) >= 11 is 0. The number of aliphatic imine (C=N–C) groups is 2. The lowest BCUT2D eigenvalue weighted by molar-refractivity contribution is -0.134. The Morgan fingerprint density at radius 2 is 1.67 bits per heavy atom. The van der Waals surface area contributed by atoms with Crippen molar-refractivity contribution in [3.8, 4) is 28.3 Å². The number of aliphatic carboxylic acids is 1. The largest absolute Gasteiger partial charge is 0.481 e. The van der Waals surface area contributed by atoms with E-state index < -0.39 is 17.6 Å². The quantitative estimate of drug-likeness (QED) is 0.147. The second-order valence-electron chi connectivity index (χ2n) is 11.3. The molecule has 11 heteroatoms. The third kappa shape index (κ3) is 8.30. The number of nitrogens with two attached hydrogens (primary N) is 1. The van der Waals surface area contributed by atoms with Crippen LogP contribution in [0.25, 0.3) is 33.3 Å². The first-order valence-electron chi connectivity index (χ1n) is 15.3. The van der Waals surface area contributed by atoms with Gasteiger partial charge in [-0.2, -0.15) is 4.98 Å². The summed E-state index contributed by atoms with van der Waals surface area (Å²) in [6, 6.07) is 16.3. The van der Waals surface area contributed by atoms with Crippen molar-refractivity contribution in [2.24, 2.45) is 15.7 Å². The number of amidine groups is 1. The number of hydrogen-bond donors (Lipinski definition) is 3. The monoisotopic (exact) mass is 616 g/mol. The molecule has 0 radical (unpaired) electrons. The lowest BCUT2D eigenvalue weighted by Crippen LogP contribution is -2.38. The van der Waals surface area contributed by atoms with Gasteiger partial charge in [0.05, 0.1) is 17.6 Å². The van der Waals surface area contributed by atoms with E-state index >= 15 is 8.78 Å². The van der Waals surface area contributed by atoms with Crippen molar-refractivity contribution in [2.45, 2.75) is 51.6 Å². The second kappa shape index (κ2) is 14.9. The van der Waals surface area contributed by atoms with Crippen molar-refractivity contribution in [1.29, 1.82) is 0 Å². The molecule has 1 aliphatic heterocycles. The van der Waals surface area contributed by atoms with Gasteiger partial charge in [0.15, 0.2) is 5.82 Å². The van der Waals surface area contributed by atoms with Gasteiger partial charge in [-0.15, -0.1) is 0 Å². The first-order chi connectivity index (χ1) is 21.8. The molecule has 1 saturated heterocycles. The first kappa shape index (κ1) is 31.8. The number of rotatable bonds is 9. The summed E-state index contributed by atoms with van der Waals surface area (Å²) in [6.45, 7) is 5.06. The molecule has 0 spiro atoms. The molecular formula is C34H38F2N6O3. The van der Waals surface area contributed by atoms with E-state index in [2.05, 4.69) is 24.9 Å². The molecule has 0 atom stereocenters. The highest BCUT2D eigenvalue weighted by Crippen LogP contribution is 2.34. The number of aromatic nitrogens is 2. The fraction of sp³-hybridized carbons (Fsp3) is 0.353. The number of nitrogens with one attached hydrogen (secondary N) is 1. The van der Waals surface area contributed by atoms with Gasteiger partial charge in [0.1, 0.15) is 29.6 Å². The maximum atomic E-state index is 15.5. The van der Waals surface area contributed by atoms with Gasteiger partial charge in [0, 0.05) is 25.1 Å². The molecule has 2 heterocycles. The summed E-state index contributed by atoms with van der Waals surface area (Å²) in [5.41, 5.74) is 9.47. The number of aromatic amines is 1. The van der Waals surface area contributed by atoms with Crippen LogP contribution in [0.4, 0.5) is 8.78 Å². The standard InChI is InChI=1S/C32H34F2N6O.C2H4O2/c33-26-19-27-30(39-32(38-27)41-25-5-2-1-3-6-25)29(34)28(26)23-11-7-21(8-12-23)22-9-13-24(14-10-22)31(35)37-20-36-15-18-40-16-4-17-40;1-2(3)4/h7-14,19-20,25H,1-6,15-18H2,(H,38,39)(H2,35,36,37);1H3,(H,3,4). The Bertz CT molecular complexity index is 1650. The van der Waals surface area contributed by atoms with Crippen molar-refractivity contribution >= 4 is 29.2 Å². The van der Waals surface area contributed by atoms with E-state index in [0.717, 1.165) is 68.9 Å². The number of likely N-dealkylation sites (tertiary alicyclic amines) is 1. The second-order valence-corrected chi connectivity index (χ2v) is 11.3. The number of imidazole rings is 1. The summed E-state index contributed by atoms with van der Waals surface area (Å²) in [6.07, 6.45) is 8.15. The van der Waals surface area contributed by atoms with Gasteiger partial charge in [-0.05, 0) is 61.9 Å². The highest BCUT2D eigenvalue weighted by molar-refractivity contribution is 6.01. The highest BCUT2D eigenvalue weighted by Gasteiger charge is 2.21. The predicted molar refractivity (Wildman–Crippen MR) is 173 cm³/mol. The van der Waals surface area contributed by atoms with Crippen LogP contribution in [0, 0.1) is 11.6 Å². The van der Waals surface area contributed by atoms with Gasteiger partial charge >= 0.3 is 0 Å². The molecule has 4 N–H and O–H groups in total. The van der Waals surface area contributed by atoms with Crippen LogP contribution in [0.5, 0.6) is 6.01 Å². The summed E-state index contributed by atoms with van der Waals surface area (Å²) in [7, 11) is 0. The number of carboxylic acid groups (broad SMARTS) is 1. The SMILES string of the molecule is CC(=O)O.NC(=NC=NCCN1CCC1)c1ccc(-c2ccc(-c3c(F)cc4[nH]c(OC5CCCCC5)nc4c3F)cc2)cc1. The Hall–Kier alpha value is -4.64. The van der Waals surface area contributed by atoms with E-state index in [1.165, 1.54) is 25.2 Å². The van der Waals surface area contributed by atoms with Crippen LogP contribution in [0.3, 0.4) is 0 Å². The predicted octanol–water partition coefficient (Wildman–Crippen LogP) is 6.42. The Balaban J connectivity index is 0.000000945. The lowest BCUT2D eigenvalue weighted by Gasteiger charge is -2.29. The third-order valence-corrected chi connectivity index (χ3v) is 7.94. The highest BCUT2D eigenvalue weighted by atomic mass is 19.1. The molecular weight excluding hydrogens is 578 g/mol. The number of nitrogens with zero attached hydrogens (tertiary/aromatic N) is 4. The fourth-order valence-corrected chi connectivity index (χ4v) is 5.42. The van der Waals surface area contributed by atoms with E-state index in [-0.39, 0.29) is 28.7 Å². The molecule has 4 aromatic rings. The molecule has 45 heavy (non-hydrogen) atoms. The minimum Gasteiger partial charge on any atom is -0.481 e. The minimum absolute atomic E-state index is 0.0562. The molecule has 0 bridgehead atoms. The van der Waals surface area contributed by atoms with E-state index in [4.69, 9.17) is 20.4 Å². The Kier molecular flexibility index (Phi) is 10.5. The Labute approximate surface area is 260 Å². The van der Waals surface area contributed by atoms with Gasteiger partial charge in [0.2, 0.25) is 0 Å². The average molecular weight is 617 g/mol. The van der Waals surface area contributed by atoms with Crippen LogP contribution in [0.1, 0.15) is 51.0 Å². The van der Waals surface area contributed by atoms with Crippen LogP contribution in [0.2, 0.25) is 0 Å².